The quantitative estimate of drug-likeness (QED) is 0.657. The Morgan fingerprint density at radius 1 is 1.04 bits per heavy atom. The van der Waals surface area contributed by atoms with E-state index in [-0.39, 0.29) is 30.4 Å². The normalized spacial score (nSPS) is 12.2. The number of amides is 2. The smallest absolute Gasteiger partial charge is 0.279 e. The Morgan fingerprint density at radius 2 is 1.62 bits per heavy atom. The van der Waals surface area contributed by atoms with Crippen LogP contribution in [0.25, 0.3) is 0 Å². The summed E-state index contributed by atoms with van der Waals surface area (Å²) in [5.74, 6) is 0.875. The van der Waals surface area contributed by atoms with Crippen LogP contribution in [0.2, 0.25) is 0 Å². The van der Waals surface area contributed by atoms with Crippen molar-refractivity contribution in [1.29, 1.82) is 0 Å². The van der Waals surface area contributed by atoms with E-state index in [1.807, 2.05) is 20.8 Å². The second-order valence-electron chi connectivity index (χ2n) is 6.73. The van der Waals surface area contributed by atoms with Gasteiger partial charge in [0.25, 0.3) is 11.8 Å². The van der Waals surface area contributed by atoms with E-state index in [9.17, 15) is 9.59 Å². The molecular weight excluding hydrogens is 310 g/mol. The highest BCUT2D eigenvalue weighted by Crippen LogP contribution is 2.29. The largest absolute Gasteiger partial charge is 0.493 e. The van der Waals surface area contributed by atoms with E-state index >= 15 is 0 Å². The zero-order valence-corrected chi connectivity index (χ0v) is 15.3. The maximum Gasteiger partial charge on any atom is 0.279 e. The number of quaternary nitrogens is 1. The first-order chi connectivity index (χ1) is 11.1. The van der Waals surface area contributed by atoms with Crippen LogP contribution in [0.3, 0.4) is 0 Å². The fraction of sp³-hybridized carbons (Fsp3) is 0.529. The van der Waals surface area contributed by atoms with Crippen molar-refractivity contribution in [1.82, 2.24) is 5.32 Å². The summed E-state index contributed by atoms with van der Waals surface area (Å²) in [5, 5.41) is 5.67. The molecule has 0 aliphatic carbocycles. The lowest BCUT2D eigenvalue weighted by atomic mass is 10.1. The van der Waals surface area contributed by atoms with E-state index < -0.39 is 0 Å². The van der Waals surface area contributed by atoms with Gasteiger partial charge in [0.2, 0.25) is 0 Å². The van der Waals surface area contributed by atoms with Crippen molar-refractivity contribution in [2.24, 2.45) is 0 Å². The average molecular weight is 338 g/mol. The predicted octanol–water partition coefficient (Wildman–Crippen LogP) is 0.0717. The molecule has 1 aromatic rings. The molecule has 0 heterocycles. The minimum absolute atomic E-state index is 0.0843. The van der Waals surface area contributed by atoms with Crippen LogP contribution in [-0.4, -0.2) is 51.7 Å². The number of anilines is 1. The third-order valence-corrected chi connectivity index (χ3v) is 3.11. The molecular formula is C17H28N3O4+. The highest BCUT2D eigenvalue weighted by molar-refractivity contribution is 5.92. The van der Waals surface area contributed by atoms with E-state index in [1.54, 1.807) is 32.4 Å². The van der Waals surface area contributed by atoms with Crippen molar-refractivity contribution < 1.29 is 24.0 Å². The highest BCUT2D eigenvalue weighted by Gasteiger charge is 2.19. The summed E-state index contributed by atoms with van der Waals surface area (Å²) in [6, 6.07) is 5.15. The van der Waals surface area contributed by atoms with Crippen LogP contribution in [0.5, 0.6) is 11.5 Å². The summed E-state index contributed by atoms with van der Waals surface area (Å²) in [6.45, 7) is 6.18. The van der Waals surface area contributed by atoms with Crippen LogP contribution < -0.4 is 25.0 Å². The zero-order valence-electron chi connectivity index (χ0n) is 15.3. The maximum absolute atomic E-state index is 12.1. The number of benzene rings is 1. The van der Waals surface area contributed by atoms with Crippen molar-refractivity contribution in [3.63, 3.8) is 0 Å². The van der Waals surface area contributed by atoms with Crippen molar-refractivity contribution in [2.75, 3.05) is 39.7 Å². The fourth-order valence-corrected chi connectivity index (χ4v) is 2.19. The SMILES string of the molecule is COc1ccc(NC(=O)C[NH+](C)CC(=O)NC(C)(C)C)cc1OC. The topological polar surface area (TPSA) is 81.1 Å². The van der Waals surface area contributed by atoms with E-state index in [0.717, 1.165) is 4.90 Å². The number of ether oxygens (including phenoxy) is 2. The first kappa shape index (κ1) is 19.8. The molecule has 0 fully saturated rings. The van der Waals surface area contributed by atoms with Gasteiger partial charge in [-0.15, -0.1) is 0 Å². The molecule has 0 aromatic heterocycles. The lowest BCUT2D eigenvalue weighted by molar-refractivity contribution is -0.862. The molecule has 0 aliphatic rings. The Balaban J connectivity index is 2.55. The van der Waals surface area contributed by atoms with E-state index in [4.69, 9.17) is 9.47 Å². The van der Waals surface area contributed by atoms with Crippen LogP contribution in [0.4, 0.5) is 5.69 Å². The monoisotopic (exact) mass is 338 g/mol. The predicted molar refractivity (Wildman–Crippen MR) is 92.7 cm³/mol. The highest BCUT2D eigenvalue weighted by atomic mass is 16.5. The minimum atomic E-state index is -0.279. The third kappa shape index (κ3) is 6.87. The van der Waals surface area contributed by atoms with Crippen LogP contribution in [0.1, 0.15) is 20.8 Å². The molecule has 134 valence electrons. The van der Waals surface area contributed by atoms with Gasteiger partial charge in [-0.3, -0.25) is 9.59 Å². The number of rotatable bonds is 7. The molecule has 2 amide bonds. The van der Waals surface area contributed by atoms with Crippen LogP contribution in [0.15, 0.2) is 18.2 Å². The zero-order chi connectivity index (χ0) is 18.3. The van der Waals surface area contributed by atoms with Crippen LogP contribution in [-0.2, 0) is 9.59 Å². The molecule has 3 N–H and O–H groups in total. The van der Waals surface area contributed by atoms with Crippen molar-refractivity contribution >= 4 is 17.5 Å². The Kier molecular flexibility index (Phi) is 7.03. The first-order valence-corrected chi connectivity index (χ1v) is 7.79. The molecule has 1 aromatic carbocycles. The van der Waals surface area contributed by atoms with Crippen molar-refractivity contribution in [3.8, 4) is 11.5 Å². The Labute approximate surface area is 143 Å². The number of hydrogen-bond donors (Lipinski definition) is 3. The molecule has 0 spiro atoms. The second-order valence-corrected chi connectivity index (χ2v) is 6.73. The summed E-state index contributed by atoms with van der Waals surface area (Å²) >= 11 is 0. The summed E-state index contributed by atoms with van der Waals surface area (Å²) in [7, 11) is 4.89. The number of carbonyl (C=O) groups is 2. The van der Waals surface area contributed by atoms with Gasteiger partial charge in [-0.05, 0) is 32.9 Å². The Bertz CT molecular complexity index is 582. The van der Waals surface area contributed by atoms with Gasteiger partial charge in [-0.25, -0.2) is 0 Å². The molecule has 0 saturated heterocycles. The summed E-state index contributed by atoms with van der Waals surface area (Å²) < 4.78 is 10.4. The Morgan fingerprint density at radius 3 is 2.17 bits per heavy atom. The number of carbonyl (C=O) groups excluding carboxylic acids is 2. The molecule has 0 radical (unpaired) electrons. The van der Waals surface area contributed by atoms with Crippen LogP contribution in [0, 0.1) is 0 Å². The first-order valence-electron chi connectivity index (χ1n) is 7.79. The van der Waals surface area contributed by atoms with Gasteiger partial charge in [-0.1, -0.05) is 0 Å². The number of methoxy groups -OCH3 is 2. The van der Waals surface area contributed by atoms with Crippen molar-refractivity contribution in [2.45, 2.75) is 26.3 Å². The van der Waals surface area contributed by atoms with Gasteiger partial charge in [0, 0.05) is 17.3 Å². The van der Waals surface area contributed by atoms with Gasteiger partial charge < -0.3 is 25.0 Å². The fourth-order valence-electron chi connectivity index (χ4n) is 2.19. The summed E-state index contributed by atoms with van der Waals surface area (Å²) in [5.41, 5.74) is 0.337. The molecule has 7 nitrogen and oxygen atoms in total. The molecule has 24 heavy (non-hydrogen) atoms. The maximum atomic E-state index is 12.1. The lowest BCUT2D eigenvalue weighted by Gasteiger charge is -2.21. The number of likely N-dealkylation sites (N-methyl/N-ethyl adjacent to an activating group) is 1. The van der Waals surface area contributed by atoms with E-state index in [2.05, 4.69) is 10.6 Å². The average Bonchev–Trinajstić information content (AvgIpc) is 2.44. The summed E-state index contributed by atoms with van der Waals surface area (Å²) in [6.07, 6.45) is 0. The van der Waals surface area contributed by atoms with Gasteiger partial charge >= 0.3 is 0 Å². The van der Waals surface area contributed by atoms with Gasteiger partial charge in [0.1, 0.15) is 0 Å². The molecule has 7 heteroatoms. The molecule has 0 bridgehead atoms. The molecule has 1 unspecified atom stereocenters. The molecule has 1 atom stereocenters. The standard InChI is InChI=1S/C17H27N3O4/c1-17(2,3)19-16(22)11-20(4)10-15(21)18-12-7-8-13(23-5)14(9-12)24-6/h7-9H,10-11H2,1-6H3,(H,18,21)(H,19,22)/p+1. The van der Waals surface area contributed by atoms with Crippen LogP contribution >= 0.6 is 0 Å². The van der Waals surface area contributed by atoms with Gasteiger partial charge in [0.15, 0.2) is 24.6 Å². The van der Waals surface area contributed by atoms with Gasteiger partial charge in [-0.2, -0.15) is 0 Å². The Hall–Kier alpha value is -2.28. The molecule has 0 saturated carbocycles. The summed E-state index contributed by atoms with van der Waals surface area (Å²) in [4.78, 5) is 24.8. The number of hydrogen-bond acceptors (Lipinski definition) is 4. The van der Waals surface area contributed by atoms with Crippen molar-refractivity contribution in [3.05, 3.63) is 18.2 Å². The van der Waals surface area contributed by atoms with E-state index in [1.165, 1.54) is 7.11 Å². The molecule has 0 aliphatic heterocycles. The third-order valence-electron chi connectivity index (χ3n) is 3.11. The number of nitrogens with one attached hydrogen (secondary N) is 3. The van der Waals surface area contributed by atoms with E-state index in [0.29, 0.717) is 17.2 Å². The molecule has 1 rings (SSSR count). The minimum Gasteiger partial charge on any atom is -0.493 e. The lowest BCUT2D eigenvalue weighted by Crippen LogP contribution is -3.11. The second kappa shape index (κ2) is 8.54. The van der Waals surface area contributed by atoms with Gasteiger partial charge in [0.05, 0.1) is 21.3 Å².